The topological polar surface area (TPSA) is 34.2 Å². The maximum Gasteiger partial charge on any atom is 0.238 e. The first-order valence-corrected chi connectivity index (χ1v) is 6.63. The van der Waals surface area contributed by atoms with Gasteiger partial charge in [0.15, 0.2) is 0 Å². The Kier molecular flexibility index (Phi) is 4.77. The minimum absolute atomic E-state index is 0.430. The largest absolute Gasteiger partial charge is 0.438 e. The fourth-order valence-corrected chi connectivity index (χ4v) is 1.79. The lowest BCUT2D eigenvalue weighted by Crippen LogP contribution is -2.21. The molecule has 0 aliphatic heterocycles. The Morgan fingerprint density at radius 3 is 2.63 bits per heavy atom. The molecule has 100 valence electrons. The van der Waals surface area contributed by atoms with Crippen LogP contribution in [0.25, 0.3) is 0 Å². The van der Waals surface area contributed by atoms with E-state index in [-0.39, 0.29) is 0 Å². The highest BCUT2D eigenvalue weighted by atomic mass is 35.5. The van der Waals surface area contributed by atoms with E-state index in [2.05, 4.69) is 24.1 Å². The van der Waals surface area contributed by atoms with Crippen LogP contribution in [-0.2, 0) is 6.54 Å². The van der Waals surface area contributed by atoms with Crippen molar-refractivity contribution < 1.29 is 4.74 Å². The molecule has 0 unspecified atom stereocenters. The molecule has 1 heterocycles. The SMILES string of the molecule is CC(C)NCc1cnc(Oc2ccccc2)c(Cl)c1. The molecule has 19 heavy (non-hydrogen) atoms. The smallest absolute Gasteiger partial charge is 0.238 e. The first-order chi connectivity index (χ1) is 9.15. The van der Waals surface area contributed by atoms with Crippen LogP contribution in [0.3, 0.4) is 0 Å². The molecule has 0 radical (unpaired) electrons. The number of nitrogens with zero attached hydrogens (tertiary/aromatic N) is 1. The molecule has 2 aromatic rings. The quantitative estimate of drug-likeness (QED) is 0.895. The van der Waals surface area contributed by atoms with Crippen LogP contribution in [0.1, 0.15) is 19.4 Å². The number of hydrogen-bond donors (Lipinski definition) is 1. The van der Waals surface area contributed by atoms with E-state index >= 15 is 0 Å². The standard InChI is InChI=1S/C15H17ClN2O/c1-11(2)17-9-12-8-14(16)15(18-10-12)19-13-6-4-3-5-7-13/h3-8,10-11,17H,9H2,1-2H3. The van der Waals surface area contributed by atoms with Crippen molar-refractivity contribution in [3.05, 3.63) is 53.2 Å². The number of para-hydroxylation sites is 1. The van der Waals surface area contributed by atoms with Crippen LogP contribution in [0, 0.1) is 0 Å². The number of rotatable bonds is 5. The van der Waals surface area contributed by atoms with Crippen molar-refractivity contribution in [3.63, 3.8) is 0 Å². The second kappa shape index (κ2) is 6.55. The molecule has 3 nitrogen and oxygen atoms in total. The van der Waals surface area contributed by atoms with E-state index in [0.717, 1.165) is 17.9 Å². The Labute approximate surface area is 118 Å². The number of ether oxygens (including phenoxy) is 1. The summed E-state index contributed by atoms with van der Waals surface area (Å²) in [5, 5.41) is 3.84. The predicted octanol–water partition coefficient (Wildman–Crippen LogP) is 4.03. The highest BCUT2D eigenvalue weighted by Crippen LogP contribution is 2.27. The highest BCUT2D eigenvalue weighted by molar-refractivity contribution is 6.31. The zero-order valence-electron chi connectivity index (χ0n) is 11.1. The first-order valence-electron chi connectivity index (χ1n) is 6.26. The lowest BCUT2D eigenvalue weighted by molar-refractivity contribution is 0.462. The lowest BCUT2D eigenvalue weighted by atomic mass is 10.2. The zero-order valence-corrected chi connectivity index (χ0v) is 11.8. The molecule has 1 aromatic carbocycles. The van der Waals surface area contributed by atoms with Gasteiger partial charge in [-0.05, 0) is 23.8 Å². The van der Waals surface area contributed by atoms with Crippen molar-refractivity contribution in [2.45, 2.75) is 26.4 Å². The average Bonchev–Trinajstić information content (AvgIpc) is 2.40. The fraction of sp³-hybridized carbons (Fsp3) is 0.267. The third kappa shape index (κ3) is 4.23. The molecule has 0 fully saturated rings. The number of nitrogens with one attached hydrogen (secondary N) is 1. The van der Waals surface area contributed by atoms with Gasteiger partial charge in [0.2, 0.25) is 5.88 Å². The molecule has 1 N–H and O–H groups in total. The Morgan fingerprint density at radius 2 is 2.00 bits per heavy atom. The van der Waals surface area contributed by atoms with Gasteiger partial charge in [0.1, 0.15) is 10.8 Å². The monoisotopic (exact) mass is 276 g/mol. The fourth-order valence-electron chi connectivity index (χ4n) is 1.56. The van der Waals surface area contributed by atoms with Crippen LogP contribution in [0.2, 0.25) is 5.02 Å². The van der Waals surface area contributed by atoms with Gasteiger partial charge in [-0.15, -0.1) is 0 Å². The van der Waals surface area contributed by atoms with E-state index in [1.807, 2.05) is 36.4 Å². The van der Waals surface area contributed by atoms with Crippen LogP contribution < -0.4 is 10.1 Å². The van der Waals surface area contributed by atoms with E-state index in [1.54, 1.807) is 6.20 Å². The number of hydrogen-bond acceptors (Lipinski definition) is 3. The summed E-state index contributed by atoms with van der Waals surface area (Å²) in [6.45, 7) is 4.94. The molecule has 2 rings (SSSR count). The van der Waals surface area contributed by atoms with E-state index in [0.29, 0.717) is 16.9 Å². The van der Waals surface area contributed by atoms with Gasteiger partial charge in [0.25, 0.3) is 0 Å². The molecule has 0 aliphatic rings. The molecular weight excluding hydrogens is 260 g/mol. The molecular formula is C15H17ClN2O. The Balaban J connectivity index is 2.07. The third-order valence-corrected chi connectivity index (χ3v) is 2.81. The maximum atomic E-state index is 6.18. The summed E-state index contributed by atoms with van der Waals surface area (Å²) in [6, 6.07) is 11.8. The van der Waals surface area contributed by atoms with Gasteiger partial charge >= 0.3 is 0 Å². The van der Waals surface area contributed by atoms with Gasteiger partial charge < -0.3 is 10.1 Å². The van der Waals surface area contributed by atoms with Crippen LogP contribution in [0.15, 0.2) is 42.6 Å². The summed E-state index contributed by atoms with van der Waals surface area (Å²) in [5.74, 6) is 1.16. The van der Waals surface area contributed by atoms with Crippen LogP contribution in [-0.4, -0.2) is 11.0 Å². The number of benzene rings is 1. The molecule has 0 saturated heterocycles. The van der Waals surface area contributed by atoms with Gasteiger partial charge in [-0.3, -0.25) is 0 Å². The van der Waals surface area contributed by atoms with Crippen molar-refractivity contribution in [1.29, 1.82) is 0 Å². The predicted molar refractivity (Wildman–Crippen MR) is 77.7 cm³/mol. The molecule has 0 atom stereocenters. The summed E-state index contributed by atoms with van der Waals surface area (Å²) in [4.78, 5) is 4.26. The van der Waals surface area contributed by atoms with E-state index in [9.17, 15) is 0 Å². The molecule has 0 saturated carbocycles. The minimum Gasteiger partial charge on any atom is -0.438 e. The Bertz CT molecular complexity index is 529. The molecule has 4 heteroatoms. The number of aromatic nitrogens is 1. The minimum atomic E-state index is 0.430. The van der Waals surface area contributed by atoms with Crippen molar-refractivity contribution in [2.24, 2.45) is 0 Å². The van der Waals surface area contributed by atoms with Crippen molar-refractivity contribution in [3.8, 4) is 11.6 Å². The first kappa shape index (κ1) is 13.8. The van der Waals surface area contributed by atoms with Crippen molar-refractivity contribution >= 4 is 11.6 Å². The number of pyridine rings is 1. The van der Waals surface area contributed by atoms with Gasteiger partial charge in [-0.25, -0.2) is 4.98 Å². The summed E-state index contributed by atoms with van der Waals surface area (Å²) in [6.07, 6.45) is 1.78. The van der Waals surface area contributed by atoms with E-state index in [4.69, 9.17) is 16.3 Å². The third-order valence-electron chi connectivity index (χ3n) is 2.54. The highest BCUT2D eigenvalue weighted by Gasteiger charge is 2.06. The van der Waals surface area contributed by atoms with Crippen molar-refractivity contribution in [2.75, 3.05) is 0 Å². The molecule has 0 amide bonds. The summed E-state index contributed by atoms with van der Waals surface area (Å²) in [5.41, 5.74) is 1.04. The van der Waals surface area contributed by atoms with Crippen LogP contribution in [0.4, 0.5) is 0 Å². The van der Waals surface area contributed by atoms with Gasteiger partial charge in [-0.2, -0.15) is 0 Å². The lowest BCUT2D eigenvalue weighted by Gasteiger charge is -2.10. The Hall–Kier alpha value is -1.58. The van der Waals surface area contributed by atoms with Crippen LogP contribution in [0.5, 0.6) is 11.6 Å². The van der Waals surface area contributed by atoms with Gasteiger partial charge in [-0.1, -0.05) is 43.6 Å². The summed E-state index contributed by atoms with van der Waals surface area (Å²) >= 11 is 6.18. The normalized spacial score (nSPS) is 10.7. The van der Waals surface area contributed by atoms with Crippen LogP contribution >= 0.6 is 11.6 Å². The molecule has 0 bridgehead atoms. The maximum absolute atomic E-state index is 6.18. The van der Waals surface area contributed by atoms with Crippen molar-refractivity contribution in [1.82, 2.24) is 10.3 Å². The molecule has 0 spiro atoms. The number of halogens is 1. The Morgan fingerprint density at radius 1 is 1.26 bits per heavy atom. The molecule has 0 aliphatic carbocycles. The van der Waals surface area contributed by atoms with E-state index < -0.39 is 0 Å². The van der Waals surface area contributed by atoms with Gasteiger partial charge in [0.05, 0.1) is 0 Å². The second-order valence-corrected chi connectivity index (χ2v) is 4.99. The second-order valence-electron chi connectivity index (χ2n) is 4.58. The van der Waals surface area contributed by atoms with Gasteiger partial charge in [0, 0.05) is 18.8 Å². The zero-order chi connectivity index (χ0) is 13.7. The average molecular weight is 277 g/mol. The van der Waals surface area contributed by atoms with E-state index in [1.165, 1.54) is 0 Å². The summed E-state index contributed by atoms with van der Waals surface area (Å²) < 4.78 is 5.63. The summed E-state index contributed by atoms with van der Waals surface area (Å²) in [7, 11) is 0. The molecule has 1 aromatic heterocycles.